The smallest absolute Gasteiger partial charge is 0.330 e. The summed E-state index contributed by atoms with van der Waals surface area (Å²) in [5.41, 5.74) is 5.75. The quantitative estimate of drug-likeness (QED) is 0.811. The highest BCUT2D eigenvalue weighted by atomic mass is 16.2. The lowest BCUT2D eigenvalue weighted by Gasteiger charge is -2.14. The maximum atomic E-state index is 12.1. The van der Waals surface area contributed by atoms with E-state index in [9.17, 15) is 9.59 Å². The Morgan fingerprint density at radius 2 is 1.84 bits per heavy atom. The van der Waals surface area contributed by atoms with Gasteiger partial charge in [0.25, 0.3) is 5.56 Å². The molecule has 0 atom stereocenters. The van der Waals surface area contributed by atoms with Crippen LogP contribution in [0.1, 0.15) is 25.7 Å². The molecule has 0 saturated heterocycles. The molecule has 0 bridgehead atoms. The van der Waals surface area contributed by atoms with Crippen LogP contribution in [0.3, 0.4) is 0 Å². The molecule has 2 rings (SSSR count). The van der Waals surface area contributed by atoms with E-state index in [1.54, 1.807) is 7.05 Å². The summed E-state index contributed by atoms with van der Waals surface area (Å²) in [5, 5.41) is 0. The zero-order chi connectivity index (χ0) is 14.3. The first-order chi connectivity index (χ1) is 8.90. The molecule has 0 aromatic carbocycles. The Morgan fingerprint density at radius 3 is 2.37 bits per heavy atom. The molecule has 0 unspecified atom stereocenters. The van der Waals surface area contributed by atoms with E-state index in [2.05, 4.69) is 4.98 Å². The predicted octanol–water partition coefficient (Wildman–Crippen LogP) is -0.484. The summed E-state index contributed by atoms with van der Waals surface area (Å²) in [6, 6.07) is 0.101. The molecule has 0 aliphatic rings. The van der Waals surface area contributed by atoms with Crippen molar-refractivity contribution in [1.82, 2.24) is 18.7 Å². The van der Waals surface area contributed by atoms with Crippen LogP contribution in [-0.4, -0.2) is 25.2 Å². The van der Waals surface area contributed by atoms with E-state index < -0.39 is 0 Å². The van der Waals surface area contributed by atoms with Crippen molar-refractivity contribution in [2.75, 3.05) is 6.54 Å². The van der Waals surface area contributed by atoms with Gasteiger partial charge in [-0.15, -0.1) is 0 Å². The van der Waals surface area contributed by atoms with Gasteiger partial charge in [0.15, 0.2) is 5.52 Å². The van der Waals surface area contributed by atoms with Crippen LogP contribution in [0.2, 0.25) is 0 Å². The van der Waals surface area contributed by atoms with Crippen LogP contribution < -0.4 is 17.0 Å². The molecule has 0 radical (unpaired) electrons. The van der Waals surface area contributed by atoms with Crippen LogP contribution in [0.15, 0.2) is 9.59 Å². The van der Waals surface area contributed by atoms with E-state index in [1.807, 2.05) is 18.4 Å². The largest absolute Gasteiger partial charge is 0.332 e. The normalized spacial score (nSPS) is 11.7. The lowest BCUT2D eigenvalue weighted by molar-refractivity contribution is 0.566. The number of aryl methyl sites for hydroxylation is 1. The highest BCUT2D eigenvalue weighted by Gasteiger charge is 2.19. The standard InChI is InChI=1S/C12H19N5O2/c1-7(2)17-8(5-6-13)14-9-10(17)15(3)12(19)16(4)11(9)18/h7H,5-6,13H2,1-4H3. The Balaban J connectivity index is 3.01. The molecule has 19 heavy (non-hydrogen) atoms. The third kappa shape index (κ3) is 1.90. The maximum Gasteiger partial charge on any atom is 0.332 e. The van der Waals surface area contributed by atoms with Gasteiger partial charge in [-0.25, -0.2) is 9.78 Å². The molecule has 104 valence electrons. The summed E-state index contributed by atoms with van der Waals surface area (Å²) in [7, 11) is 3.11. The molecule has 0 fully saturated rings. The van der Waals surface area contributed by atoms with Gasteiger partial charge in [-0.2, -0.15) is 0 Å². The van der Waals surface area contributed by atoms with Crippen molar-refractivity contribution in [1.29, 1.82) is 0 Å². The number of aromatic nitrogens is 4. The Morgan fingerprint density at radius 1 is 1.21 bits per heavy atom. The summed E-state index contributed by atoms with van der Waals surface area (Å²) in [6.07, 6.45) is 0.574. The number of hydrogen-bond donors (Lipinski definition) is 1. The van der Waals surface area contributed by atoms with Crippen LogP contribution >= 0.6 is 0 Å². The van der Waals surface area contributed by atoms with Gasteiger partial charge in [0.1, 0.15) is 11.5 Å². The summed E-state index contributed by atoms with van der Waals surface area (Å²) in [6.45, 7) is 4.43. The van der Waals surface area contributed by atoms with Gasteiger partial charge < -0.3 is 10.3 Å². The number of rotatable bonds is 3. The Hall–Kier alpha value is -1.89. The van der Waals surface area contributed by atoms with Crippen LogP contribution in [0.5, 0.6) is 0 Å². The number of fused-ring (bicyclic) bond motifs is 1. The van der Waals surface area contributed by atoms with Crippen molar-refractivity contribution < 1.29 is 0 Å². The van der Waals surface area contributed by atoms with E-state index >= 15 is 0 Å². The van der Waals surface area contributed by atoms with Crippen LogP contribution in [-0.2, 0) is 20.5 Å². The SMILES string of the molecule is CC(C)n1c(CCN)nc2c(=O)n(C)c(=O)n(C)c21. The topological polar surface area (TPSA) is 87.8 Å². The van der Waals surface area contributed by atoms with E-state index in [-0.39, 0.29) is 17.3 Å². The molecule has 7 nitrogen and oxygen atoms in total. The van der Waals surface area contributed by atoms with Gasteiger partial charge in [0, 0.05) is 26.6 Å². The van der Waals surface area contributed by atoms with E-state index in [0.717, 1.165) is 10.4 Å². The van der Waals surface area contributed by atoms with E-state index in [1.165, 1.54) is 11.6 Å². The highest BCUT2D eigenvalue weighted by Crippen LogP contribution is 2.17. The molecule has 2 aromatic rings. The van der Waals surface area contributed by atoms with Gasteiger partial charge in [-0.05, 0) is 20.4 Å². The number of nitrogens with two attached hydrogens (primary N) is 1. The van der Waals surface area contributed by atoms with E-state index in [4.69, 9.17) is 5.73 Å². The van der Waals surface area contributed by atoms with Crippen molar-refractivity contribution in [2.24, 2.45) is 19.8 Å². The molecule has 7 heteroatoms. The average Bonchev–Trinajstić information content (AvgIpc) is 2.74. The van der Waals surface area contributed by atoms with Crippen LogP contribution in [0, 0.1) is 0 Å². The molecule has 0 spiro atoms. The number of nitrogens with zero attached hydrogens (tertiary/aromatic N) is 4. The van der Waals surface area contributed by atoms with Crippen molar-refractivity contribution in [3.8, 4) is 0 Å². The minimum Gasteiger partial charge on any atom is -0.330 e. The number of hydrogen-bond acceptors (Lipinski definition) is 4. The zero-order valence-electron chi connectivity index (χ0n) is 11.7. The van der Waals surface area contributed by atoms with Crippen LogP contribution in [0.25, 0.3) is 11.2 Å². The fourth-order valence-corrected chi connectivity index (χ4v) is 2.34. The van der Waals surface area contributed by atoms with Crippen molar-refractivity contribution >= 4 is 11.2 Å². The molecule has 0 aliphatic heterocycles. The molecular formula is C12H19N5O2. The lowest BCUT2D eigenvalue weighted by atomic mass is 10.3. The Bertz CT molecular complexity index is 735. The van der Waals surface area contributed by atoms with Gasteiger partial charge >= 0.3 is 5.69 Å². The van der Waals surface area contributed by atoms with Gasteiger partial charge in [-0.1, -0.05) is 0 Å². The van der Waals surface area contributed by atoms with Crippen molar-refractivity contribution in [3.05, 3.63) is 26.7 Å². The first kappa shape index (κ1) is 13.5. The molecule has 0 amide bonds. The second-order valence-corrected chi connectivity index (χ2v) is 4.91. The van der Waals surface area contributed by atoms with Crippen LogP contribution in [0.4, 0.5) is 0 Å². The summed E-state index contributed by atoms with van der Waals surface area (Å²) in [5.74, 6) is 0.741. The third-order valence-electron chi connectivity index (χ3n) is 3.24. The minimum absolute atomic E-state index is 0.101. The molecule has 0 aliphatic carbocycles. The summed E-state index contributed by atoms with van der Waals surface area (Å²) < 4.78 is 4.45. The summed E-state index contributed by atoms with van der Waals surface area (Å²) in [4.78, 5) is 28.5. The fraction of sp³-hybridized carbons (Fsp3) is 0.583. The van der Waals surface area contributed by atoms with Gasteiger partial charge in [0.05, 0.1) is 0 Å². The highest BCUT2D eigenvalue weighted by molar-refractivity contribution is 5.71. The Labute approximate surface area is 110 Å². The molecule has 2 heterocycles. The fourth-order valence-electron chi connectivity index (χ4n) is 2.34. The average molecular weight is 265 g/mol. The van der Waals surface area contributed by atoms with Crippen molar-refractivity contribution in [3.63, 3.8) is 0 Å². The van der Waals surface area contributed by atoms with E-state index in [0.29, 0.717) is 24.1 Å². The zero-order valence-corrected chi connectivity index (χ0v) is 11.7. The summed E-state index contributed by atoms with van der Waals surface area (Å²) >= 11 is 0. The second-order valence-electron chi connectivity index (χ2n) is 4.91. The lowest BCUT2D eigenvalue weighted by Crippen LogP contribution is -2.37. The molecule has 2 N–H and O–H groups in total. The first-order valence-corrected chi connectivity index (χ1v) is 6.27. The molecular weight excluding hydrogens is 246 g/mol. The number of imidazole rings is 1. The molecule has 2 aromatic heterocycles. The maximum absolute atomic E-state index is 12.1. The monoisotopic (exact) mass is 265 g/mol. The predicted molar refractivity (Wildman–Crippen MR) is 73.4 cm³/mol. The molecule has 0 saturated carbocycles. The van der Waals surface area contributed by atoms with Crippen molar-refractivity contribution in [2.45, 2.75) is 26.3 Å². The van der Waals surface area contributed by atoms with Gasteiger partial charge in [-0.3, -0.25) is 13.9 Å². The minimum atomic E-state index is -0.365. The Kier molecular flexibility index (Phi) is 3.32. The first-order valence-electron chi connectivity index (χ1n) is 6.27. The van der Waals surface area contributed by atoms with Gasteiger partial charge in [0.2, 0.25) is 0 Å². The second kappa shape index (κ2) is 4.65. The third-order valence-corrected chi connectivity index (χ3v) is 3.24.